The summed E-state index contributed by atoms with van der Waals surface area (Å²) in [6, 6.07) is 5.70. The molecule has 4 nitrogen and oxygen atoms in total. The summed E-state index contributed by atoms with van der Waals surface area (Å²) in [6.07, 6.45) is 3.44. The number of hydrogen-bond acceptors (Lipinski definition) is 4. The molecule has 0 radical (unpaired) electrons. The smallest absolute Gasteiger partial charge is 0.340 e. The third kappa shape index (κ3) is 2.95. The summed E-state index contributed by atoms with van der Waals surface area (Å²) in [5, 5.41) is 3.46. The Labute approximate surface area is 125 Å². The first-order chi connectivity index (χ1) is 9.94. The lowest BCUT2D eigenvalue weighted by molar-refractivity contribution is -0.144. The van der Waals surface area contributed by atoms with Gasteiger partial charge in [0.05, 0.1) is 5.54 Å². The second kappa shape index (κ2) is 5.19. The van der Waals surface area contributed by atoms with Crippen molar-refractivity contribution in [3.05, 3.63) is 29.8 Å². The van der Waals surface area contributed by atoms with Crippen molar-refractivity contribution < 1.29 is 14.3 Å². The van der Waals surface area contributed by atoms with Gasteiger partial charge in [-0.1, -0.05) is 6.08 Å². The van der Waals surface area contributed by atoms with Crippen LogP contribution in [0.3, 0.4) is 0 Å². The van der Waals surface area contributed by atoms with Crippen molar-refractivity contribution in [2.75, 3.05) is 11.9 Å². The Balaban J connectivity index is 1.80. The summed E-state index contributed by atoms with van der Waals surface area (Å²) in [4.78, 5) is 12.0. The molecular weight excluding hydrogens is 266 g/mol. The SMILES string of the molecule is CC1=CC(C)(C)Nc2ccc(OC(=O)[C@@H]3CCCO3)cc21. The molecule has 3 rings (SSSR count). The van der Waals surface area contributed by atoms with Crippen molar-refractivity contribution in [3.8, 4) is 5.75 Å². The van der Waals surface area contributed by atoms with E-state index in [2.05, 4.69) is 32.2 Å². The molecule has 2 aliphatic rings. The number of fused-ring (bicyclic) bond motifs is 1. The van der Waals surface area contributed by atoms with Crippen molar-refractivity contribution in [1.29, 1.82) is 0 Å². The van der Waals surface area contributed by atoms with Gasteiger partial charge in [0, 0.05) is 17.9 Å². The van der Waals surface area contributed by atoms with Crippen LogP contribution in [0.5, 0.6) is 5.75 Å². The van der Waals surface area contributed by atoms with Crippen molar-refractivity contribution in [2.45, 2.75) is 45.3 Å². The summed E-state index contributed by atoms with van der Waals surface area (Å²) in [6.45, 7) is 6.98. The lowest BCUT2D eigenvalue weighted by atomic mass is 9.91. The predicted molar refractivity (Wildman–Crippen MR) is 82.4 cm³/mol. The molecule has 0 amide bonds. The molecular formula is C17H21NO3. The molecule has 1 atom stereocenters. The predicted octanol–water partition coefficient (Wildman–Crippen LogP) is 3.38. The maximum Gasteiger partial charge on any atom is 0.340 e. The molecule has 2 heterocycles. The van der Waals surface area contributed by atoms with Crippen LogP contribution in [0.2, 0.25) is 0 Å². The molecule has 21 heavy (non-hydrogen) atoms. The quantitative estimate of drug-likeness (QED) is 0.669. The molecule has 0 bridgehead atoms. The third-order valence-corrected chi connectivity index (χ3v) is 3.86. The molecule has 1 saturated heterocycles. The van der Waals surface area contributed by atoms with Crippen LogP contribution in [0.4, 0.5) is 5.69 Å². The second-order valence-electron chi connectivity index (χ2n) is 6.30. The van der Waals surface area contributed by atoms with Gasteiger partial charge in [-0.05, 0) is 57.4 Å². The van der Waals surface area contributed by atoms with Gasteiger partial charge < -0.3 is 14.8 Å². The van der Waals surface area contributed by atoms with E-state index in [4.69, 9.17) is 9.47 Å². The van der Waals surface area contributed by atoms with Gasteiger partial charge in [-0.3, -0.25) is 0 Å². The first-order valence-corrected chi connectivity index (χ1v) is 7.40. The van der Waals surface area contributed by atoms with E-state index in [0.717, 1.165) is 24.1 Å². The molecule has 112 valence electrons. The Morgan fingerprint density at radius 2 is 2.24 bits per heavy atom. The van der Waals surface area contributed by atoms with Crippen molar-refractivity contribution in [3.63, 3.8) is 0 Å². The Kier molecular flexibility index (Phi) is 3.49. The fourth-order valence-electron chi connectivity index (χ4n) is 2.97. The standard InChI is InChI=1S/C17H21NO3/c1-11-10-17(2,3)18-14-7-6-12(9-13(11)14)21-16(19)15-5-4-8-20-15/h6-7,9-10,15,18H,4-5,8H2,1-3H3/t15-/m0/s1. The summed E-state index contributed by atoms with van der Waals surface area (Å²) < 4.78 is 10.8. The summed E-state index contributed by atoms with van der Waals surface area (Å²) in [5.74, 6) is 0.279. The molecule has 2 aliphatic heterocycles. The zero-order valence-electron chi connectivity index (χ0n) is 12.7. The number of carbonyl (C=O) groups is 1. The van der Waals surface area contributed by atoms with E-state index in [1.54, 1.807) is 0 Å². The van der Waals surface area contributed by atoms with Crippen LogP contribution in [0, 0.1) is 0 Å². The fraction of sp³-hybridized carbons (Fsp3) is 0.471. The minimum Gasteiger partial charge on any atom is -0.425 e. The molecule has 1 aromatic carbocycles. The summed E-state index contributed by atoms with van der Waals surface area (Å²) in [7, 11) is 0. The largest absolute Gasteiger partial charge is 0.425 e. The van der Waals surface area contributed by atoms with Crippen molar-refractivity contribution in [1.82, 2.24) is 0 Å². The van der Waals surface area contributed by atoms with Crippen molar-refractivity contribution in [2.24, 2.45) is 0 Å². The maximum absolute atomic E-state index is 12.0. The number of nitrogens with one attached hydrogen (secondary N) is 1. The Morgan fingerprint density at radius 1 is 1.43 bits per heavy atom. The maximum atomic E-state index is 12.0. The van der Waals surface area contributed by atoms with Gasteiger partial charge in [0.2, 0.25) is 0 Å². The lowest BCUT2D eigenvalue weighted by Crippen LogP contribution is -2.31. The number of anilines is 1. The van der Waals surface area contributed by atoms with Gasteiger partial charge in [0.15, 0.2) is 6.10 Å². The molecule has 4 heteroatoms. The van der Waals surface area contributed by atoms with Gasteiger partial charge in [0.25, 0.3) is 0 Å². The molecule has 0 aliphatic carbocycles. The highest BCUT2D eigenvalue weighted by Crippen LogP contribution is 2.35. The number of allylic oxidation sites excluding steroid dienone is 1. The van der Waals surface area contributed by atoms with Gasteiger partial charge in [-0.15, -0.1) is 0 Å². The van der Waals surface area contributed by atoms with E-state index in [-0.39, 0.29) is 11.5 Å². The zero-order valence-corrected chi connectivity index (χ0v) is 12.7. The van der Waals surface area contributed by atoms with Gasteiger partial charge >= 0.3 is 5.97 Å². The van der Waals surface area contributed by atoms with Crippen LogP contribution in [-0.4, -0.2) is 24.2 Å². The highest BCUT2D eigenvalue weighted by molar-refractivity contribution is 5.82. The average molecular weight is 287 g/mol. The van der Waals surface area contributed by atoms with Crippen LogP contribution >= 0.6 is 0 Å². The average Bonchev–Trinajstić information content (AvgIpc) is 2.92. The highest BCUT2D eigenvalue weighted by atomic mass is 16.6. The van der Waals surface area contributed by atoms with Crippen LogP contribution in [-0.2, 0) is 9.53 Å². The number of rotatable bonds is 2. The first kappa shape index (κ1) is 14.1. The van der Waals surface area contributed by atoms with Crippen LogP contribution in [0.25, 0.3) is 5.57 Å². The number of esters is 1. The lowest BCUT2D eigenvalue weighted by Gasteiger charge is -2.31. The van der Waals surface area contributed by atoms with E-state index in [9.17, 15) is 4.79 Å². The zero-order chi connectivity index (χ0) is 15.0. The van der Waals surface area contributed by atoms with E-state index < -0.39 is 6.10 Å². The number of carbonyl (C=O) groups excluding carboxylic acids is 1. The third-order valence-electron chi connectivity index (χ3n) is 3.86. The van der Waals surface area contributed by atoms with Gasteiger partial charge in [-0.25, -0.2) is 4.79 Å². The van der Waals surface area contributed by atoms with Crippen LogP contribution < -0.4 is 10.1 Å². The van der Waals surface area contributed by atoms with Crippen LogP contribution in [0.1, 0.15) is 39.2 Å². The minimum absolute atomic E-state index is 0.0625. The van der Waals surface area contributed by atoms with Crippen LogP contribution in [0.15, 0.2) is 24.3 Å². The number of hydrogen-bond donors (Lipinski definition) is 1. The second-order valence-corrected chi connectivity index (χ2v) is 6.30. The molecule has 0 unspecified atom stereocenters. The van der Waals surface area contributed by atoms with E-state index >= 15 is 0 Å². The number of ether oxygens (including phenoxy) is 2. The fourth-order valence-corrected chi connectivity index (χ4v) is 2.97. The molecule has 1 fully saturated rings. The molecule has 0 aromatic heterocycles. The van der Waals surface area contributed by atoms with Crippen molar-refractivity contribution >= 4 is 17.2 Å². The normalized spacial score (nSPS) is 23.0. The van der Waals surface area contributed by atoms with Gasteiger partial charge in [-0.2, -0.15) is 0 Å². The Hall–Kier alpha value is -1.81. The molecule has 1 N–H and O–H groups in total. The Morgan fingerprint density at radius 3 is 2.95 bits per heavy atom. The van der Waals surface area contributed by atoms with Gasteiger partial charge in [0.1, 0.15) is 5.75 Å². The highest BCUT2D eigenvalue weighted by Gasteiger charge is 2.27. The summed E-state index contributed by atoms with van der Waals surface area (Å²) in [5.41, 5.74) is 3.26. The Bertz CT molecular complexity index is 598. The van der Waals surface area contributed by atoms with E-state index in [0.29, 0.717) is 12.4 Å². The minimum atomic E-state index is -0.408. The summed E-state index contributed by atoms with van der Waals surface area (Å²) >= 11 is 0. The molecule has 0 saturated carbocycles. The topological polar surface area (TPSA) is 47.6 Å². The first-order valence-electron chi connectivity index (χ1n) is 7.40. The van der Waals surface area contributed by atoms with E-state index in [1.165, 1.54) is 5.57 Å². The monoisotopic (exact) mass is 287 g/mol. The van der Waals surface area contributed by atoms with E-state index in [1.807, 2.05) is 18.2 Å². The number of benzene rings is 1. The molecule has 1 aromatic rings. The molecule has 0 spiro atoms.